The lowest BCUT2D eigenvalue weighted by molar-refractivity contribution is -0.301. The van der Waals surface area contributed by atoms with E-state index in [2.05, 4.69) is 103 Å². The van der Waals surface area contributed by atoms with Crippen LogP contribution in [0.4, 0.5) is 0 Å². The Morgan fingerprint density at radius 1 is 0.655 bits per heavy atom. The van der Waals surface area contributed by atoms with E-state index in [1.165, 1.54) is 6.42 Å². The van der Waals surface area contributed by atoms with Gasteiger partial charge in [-0.25, -0.2) is 4.18 Å². The topological polar surface area (TPSA) is 178 Å². The second-order valence-electron chi connectivity index (χ2n) is 14.2. The molecule has 6 unspecified atom stereocenters. The summed E-state index contributed by atoms with van der Waals surface area (Å²) >= 11 is 0. The number of allylic oxidation sites excluding steroid dienone is 14. The third-order valence-corrected chi connectivity index (χ3v) is 9.48. The van der Waals surface area contributed by atoms with Crippen LogP contribution in [-0.2, 0) is 38.3 Å². The fraction of sp³-hybridized carbons (Fsp3) is 0.667. The van der Waals surface area contributed by atoms with Gasteiger partial charge in [0.15, 0.2) is 6.29 Å². The molecule has 1 fully saturated rings. The van der Waals surface area contributed by atoms with E-state index in [9.17, 15) is 28.5 Å². The molecule has 0 saturated carbocycles. The van der Waals surface area contributed by atoms with Crippen LogP contribution < -0.4 is 0 Å². The summed E-state index contributed by atoms with van der Waals surface area (Å²) in [7, 11) is -5.07. The van der Waals surface area contributed by atoms with Gasteiger partial charge in [-0.1, -0.05) is 125 Å². The molecule has 58 heavy (non-hydrogen) atoms. The maximum Gasteiger partial charge on any atom is 0.397 e. The Balaban J connectivity index is 2.51. The van der Waals surface area contributed by atoms with E-state index >= 15 is 0 Å². The van der Waals surface area contributed by atoms with Crippen molar-refractivity contribution in [3.63, 3.8) is 0 Å². The number of unbranched alkanes of at least 4 members (excludes halogenated alkanes) is 8. The van der Waals surface area contributed by atoms with E-state index in [4.69, 9.17) is 23.5 Å². The molecular weight excluding hydrogens is 765 g/mol. The number of ether oxygens (including phenoxy) is 4. The smallest absolute Gasteiger partial charge is 0.397 e. The highest BCUT2D eigenvalue weighted by Crippen LogP contribution is 2.26. The standard InChI is InChI=1S/C45H74O12S/c1-3-5-7-9-11-13-15-17-19-21-23-25-27-29-31-33-35-53-37-39(38-54-45-43(49)44(57-58(50,51)52)42(48)40(36-46)56-45)55-41(47)34-32-30-28-26-24-22-20-18-16-14-12-10-8-6-4-2/h5-8,11-14,17-20,24,26,39-40,42-46,48-49H,3-4,9-10,15-16,21-23,25,27-38H2,1-2H3,(H,50,51,52)/b7-5-,8-6-,13-11-,14-12-,19-17-,20-18-,26-24-. The van der Waals surface area contributed by atoms with Gasteiger partial charge in [-0.15, -0.1) is 0 Å². The highest BCUT2D eigenvalue weighted by molar-refractivity contribution is 7.80. The average molecular weight is 839 g/mol. The van der Waals surface area contributed by atoms with Crippen LogP contribution in [0.15, 0.2) is 85.1 Å². The second-order valence-corrected chi connectivity index (χ2v) is 15.2. The Morgan fingerprint density at radius 3 is 1.66 bits per heavy atom. The van der Waals surface area contributed by atoms with E-state index < -0.39 is 59.8 Å². The van der Waals surface area contributed by atoms with Gasteiger partial charge < -0.3 is 34.3 Å². The highest BCUT2D eigenvalue weighted by atomic mass is 32.3. The molecule has 12 nitrogen and oxygen atoms in total. The number of carbonyl (C=O) groups excluding carboxylic acids is 1. The Kier molecular flexibility index (Phi) is 33.2. The van der Waals surface area contributed by atoms with Crippen molar-refractivity contribution in [3.05, 3.63) is 85.1 Å². The molecule has 1 heterocycles. The van der Waals surface area contributed by atoms with Gasteiger partial charge in [-0.05, 0) is 83.5 Å². The number of aliphatic hydroxyl groups excluding tert-OH is 3. The van der Waals surface area contributed by atoms with Crippen LogP contribution in [0.1, 0.15) is 129 Å². The van der Waals surface area contributed by atoms with Gasteiger partial charge in [-0.3, -0.25) is 9.35 Å². The fourth-order valence-electron chi connectivity index (χ4n) is 5.85. The van der Waals surface area contributed by atoms with E-state index in [-0.39, 0.29) is 19.6 Å². The molecule has 0 bridgehead atoms. The number of aliphatic hydroxyl groups is 3. The van der Waals surface area contributed by atoms with Gasteiger partial charge in [0.05, 0.1) is 19.8 Å². The van der Waals surface area contributed by atoms with Crippen molar-refractivity contribution in [2.45, 2.75) is 166 Å². The molecule has 1 aliphatic heterocycles. The first-order valence-electron chi connectivity index (χ1n) is 21.3. The van der Waals surface area contributed by atoms with Gasteiger partial charge >= 0.3 is 16.4 Å². The summed E-state index contributed by atoms with van der Waals surface area (Å²) in [5.74, 6) is -0.449. The lowest BCUT2D eigenvalue weighted by Crippen LogP contribution is -2.60. The van der Waals surface area contributed by atoms with E-state index in [0.29, 0.717) is 13.0 Å². The molecule has 6 atom stereocenters. The second kappa shape index (κ2) is 36.2. The van der Waals surface area contributed by atoms with Crippen molar-refractivity contribution < 1.29 is 56.2 Å². The van der Waals surface area contributed by atoms with Crippen LogP contribution in [0, 0.1) is 0 Å². The van der Waals surface area contributed by atoms with Crippen molar-refractivity contribution in [3.8, 4) is 0 Å². The van der Waals surface area contributed by atoms with Crippen molar-refractivity contribution >= 4 is 16.4 Å². The largest absolute Gasteiger partial charge is 0.457 e. The quantitative estimate of drug-likeness (QED) is 0.0207. The van der Waals surface area contributed by atoms with Crippen LogP contribution in [0.5, 0.6) is 0 Å². The maximum atomic E-state index is 12.8. The molecule has 0 spiro atoms. The number of carbonyl (C=O) groups is 1. The third kappa shape index (κ3) is 29.5. The van der Waals surface area contributed by atoms with Crippen molar-refractivity contribution in [1.82, 2.24) is 0 Å². The monoisotopic (exact) mass is 838 g/mol. The molecule has 0 amide bonds. The van der Waals surface area contributed by atoms with Crippen molar-refractivity contribution in [2.75, 3.05) is 26.4 Å². The molecule has 1 rings (SSSR count). The van der Waals surface area contributed by atoms with E-state index in [1.807, 2.05) is 0 Å². The minimum Gasteiger partial charge on any atom is -0.457 e. The van der Waals surface area contributed by atoms with E-state index in [0.717, 1.165) is 96.3 Å². The van der Waals surface area contributed by atoms with E-state index in [1.54, 1.807) is 0 Å². The minimum absolute atomic E-state index is 0.00444. The Bertz CT molecular complexity index is 1340. The normalized spacial score (nSPS) is 21.4. The molecule has 0 aromatic heterocycles. The zero-order valence-corrected chi connectivity index (χ0v) is 35.9. The SMILES string of the molecule is CC/C=C\C/C=C\C/C=C\C/C=C\CCCCC(=O)OC(COCCCCCCCC/C=C\C/C=C\C/C=C\CC)COC1OC(CO)C(O)C(OS(=O)(=O)O)C1O. The van der Waals surface area contributed by atoms with Gasteiger partial charge in [0.25, 0.3) is 0 Å². The molecule has 0 radical (unpaired) electrons. The summed E-state index contributed by atoms with van der Waals surface area (Å²) in [5.41, 5.74) is 0. The predicted octanol–water partition coefficient (Wildman–Crippen LogP) is 8.51. The summed E-state index contributed by atoms with van der Waals surface area (Å²) < 4.78 is 58.9. The molecule has 1 aliphatic rings. The average Bonchev–Trinajstić information content (AvgIpc) is 3.19. The van der Waals surface area contributed by atoms with Crippen molar-refractivity contribution in [1.29, 1.82) is 0 Å². The van der Waals surface area contributed by atoms with Crippen LogP contribution in [0.3, 0.4) is 0 Å². The molecular formula is C45H74O12S. The first kappa shape index (κ1) is 53.3. The van der Waals surface area contributed by atoms with Gasteiger partial charge in [0.1, 0.15) is 30.5 Å². The van der Waals surface area contributed by atoms with Crippen molar-refractivity contribution in [2.24, 2.45) is 0 Å². The fourth-order valence-corrected chi connectivity index (χ4v) is 6.36. The highest BCUT2D eigenvalue weighted by Gasteiger charge is 2.48. The van der Waals surface area contributed by atoms with Crippen LogP contribution in [-0.4, -0.2) is 97.5 Å². The lowest BCUT2D eigenvalue weighted by atomic mass is 9.99. The molecule has 1 saturated heterocycles. The molecule has 0 aromatic carbocycles. The number of rotatable bonds is 35. The number of hydrogen-bond donors (Lipinski definition) is 4. The van der Waals surface area contributed by atoms with Crippen LogP contribution in [0.25, 0.3) is 0 Å². The van der Waals surface area contributed by atoms with Crippen LogP contribution >= 0.6 is 0 Å². The number of esters is 1. The summed E-state index contributed by atoms with van der Waals surface area (Å²) in [4.78, 5) is 12.8. The van der Waals surface area contributed by atoms with Gasteiger partial charge in [0.2, 0.25) is 0 Å². The summed E-state index contributed by atoms with van der Waals surface area (Å²) in [5, 5.41) is 30.6. The first-order chi connectivity index (χ1) is 28.1. The molecule has 0 aliphatic carbocycles. The summed E-state index contributed by atoms with van der Waals surface area (Å²) in [6.07, 6.45) is 37.6. The van der Waals surface area contributed by atoms with Gasteiger partial charge in [-0.2, -0.15) is 8.42 Å². The predicted molar refractivity (Wildman–Crippen MR) is 229 cm³/mol. The summed E-state index contributed by atoms with van der Waals surface area (Å²) in [6.45, 7) is 3.64. The molecule has 13 heteroatoms. The van der Waals surface area contributed by atoms with Gasteiger partial charge in [0, 0.05) is 13.0 Å². The zero-order chi connectivity index (χ0) is 42.5. The lowest BCUT2D eigenvalue weighted by Gasteiger charge is -2.41. The molecule has 4 N–H and O–H groups in total. The summed E-state index contributed by atoms with van der Waals surface area (Å²) in [6, 6.07) is 0. The zero-order valence-electron chi connectivity index (χ0n) is 35.1. The molecule has 0 aromatic rings. The number of hydrogen-bond acceptors (Lipinski definition) is 11. The Labute approximate surface area is 349 Å². The third-order valence-electron chi connectivity index (χ3n) is 9.01. The Morgan fingerprint density at radius 2 is 1.14 bits per heavy atom. The maximum absolute atomic E-state index is 12.8. The van der Waals surface area contributed by atoms with Crippen LogP contribution in [0.2, 0.25) is 0 Å². The Hall–Kier alpha value is -2.72. The minimum atomic E-state index is -5.07. The molecule has 332 valence electrons. The first-order valence-corrected chi connectivity index (χ1v) is 22.7.